The van der Waals surface area contributed by atoms with Crippen LogP contribution in [0.4, 0.5) is 0 Å². The van der Waals surface area contributed by atoms with Crippen LogP contribution >= 0.6 is 24.0 Å². The predicted molar refractivity (Wildman–Crippen MR) is 126 cm³/mol. The van der Waals surface area contributed by atoms with Crippen LogP contribution in [0.25, 0.3) is 0 Å². The van der Waals surface area contributed by atoms with Crippen LogP contribution in [0.3, 0.4) is 0 Å². The third kappa shape index (κ3) is 7.73. The number of nitrogens with one attached hydrogen (secondary N) is 2. The van der Waals surface area contributed by atoms with Crippen molar-refractivity contribution in [1.82, 2.24) is 20.4 Å². The van der Waals surface area contributed by atoms with E-state index in [1.165, 1.54) is 0 Å². The minimum atomic E-state index is -0.128. The number of piperazine rings is 1. The van der Waals surface area contributed by atoms with E-state index in [0.717, 1.165) is 51.4 Å². The highest BCUT2D eigenvalue weighted by atomic mass is 127. The van der Waals surface area contributed by atoms with Gasteiger partial charge in [0.25, 0.3) is 5.91 Å². The molecule has 166 valence electrons. The van der Waals surface area contributed by atoms with Gasteiger partial charge < -0.3 is 26.0 Å². The fraction of sp³-hybridized carbons (Fsp3) is 0.550. The summed E-state index contributed by atoms with van der Waals surface area (Å²) in [5, 5.41) is 5.86. The van der Waals surface area contributed by atoms with Crippen molar-refractivity contribution in [2.75, 3.05) is 59.0 Å². The van der Waals surface area contributed by atoms with Crippen LogP contribution in [-0.4, -0.2) is 86.6 Å². The van der Waals surface area contributed by atoms with Gasteiger partial charge >= 0.3 is 0 Å². The van der Waals surface area contributed by atoms with Crippen molar-refractivity contribution in [1.29, 1.82) is 0 Å². The van der Waals surface area contributed by atoms with Crippen LogP contribution in [0, 0.1) is 0 Å². The van der Waals surface area contributed by atoms with Crippen LogP contribution in [0.1, 0.15) is 22.3 Å². The molecule has 30 heavy (non-hydrogen) atoms. The van der Waals surface area contributed by atoms with Crippen molar-refractivity contribution in [2.24, 2.45) is 10.7 Å². The summed E-state index contributed by atoms with van der Waals surface area (Å²) in [5.74, 6) is 0.172. The number of nitrogens with zero attached hydrogens (tertiary/aromatic N) is 3. The summed E-state index contributed by atoms with van der Waals surface area (Å²) < 4.78 is 5.34. The highest BCUT2D eigenvalue weighted by Gasteiger charge is 2.22. The predicted octanol–water partition coefficient (Wildman–Crippen LogP) is 0.00320. The molecule has 0 aliphatic carbocycles. The Bertz CT molecular complexity index is 722. The summed E-state index contributed by atoms with van der Waals surface area (Å²) in [4.78, 5) is 32.2. The van der Waals surface area contributed by atoms with Gasteiger partial charge in [-0.2, -0.15) is 0 Å². The van der Waals surface area contributed by atoms with Crippen molar-refractivity contribution >= 4 is 41.8 Å². The summed E-state index contributed by atoms with van der Waals surface area (Å²) in [6.45, 7) is 7.01. The lowest BCUT2D eigenvalue weighted by Gasteiger charge is -2.26. The number of amides is 2. The van der Waals surface area contributed by atoms with E-state index in [4.69, 9.17) is 10.5 Å². The molecule has 2 aliphatic heterocycles. The normalized spacial score (nSPS) is 17.8. The zero-order valence-corrected chi connectivity index (χ0v) is 19.5. The van der Waals surface area contributed by atoms with Crippen molar-refractivity contribution in [3.05, 3.63) is 35.4 Å². The molecular weight excluding hydrogens is 499 g/mol. The fourth-order valence-corrected chi connectivity index (χ4v) is 3.32. The molecule has 2 heterocycles. The summed E-state index contributed by atoms with van der Waals surface area (Å²) in [5.41, 5.74) is 7.48. The van der Waals surface area contributed by atoms with Gasteiger partial charge in [-0.15, -0.1) is 24.0 Å². The lowest BCUT2D eigenvalue weighted by molar-refractivity contribution is -0.123. The van der Waals surface area contributed by atoms with Crippen LogP contribution in [0.2, 0.25) is 0 Å². The highest BCUT2D eigenvalue weighted by molar-refractivity contribution is 14.0. The molecule has 2 fully saturated rings. The van der Waals surface area contributed by atoms with Gasteiger partial charge in [0.15, 0.2) is 5.96 Å². The number of nitrogens with two attached hydrogens (primary N) is 1. The second-order valence-corrected chi connectivity index (χ2v) is 7.21. The number of carbonyl (C=O) groups excluding carboxylic acids is 2. The molecule has 0 spiro atoms. The van der Waals surface area contributed by atoms with Gasteiger partial charge in [-0.3, -0.25) is 14.5 Å². The largest absolute Gasteiger partial charge is 0.379 e. The van der Waals surface area contributed by atoms with E-state index >= 15 is 0 Å². The zero-order chi connectivity index (χ0) is 20.5. The first-order valence-corrected chi connectivity index (χ1v) is 10.1. The number of ether oxygens (including phenoxy) is 1. The van der Waals surface area contributed by atoms with Crippen LogP contribution in [0.15, 0.2) is 29.3 Å². The number of hydrogen-bond acceptors (Lipinski definition) is 5. The molecule has 0 unspecified atom stereocenters. The van der Waals surface area contributed by atoms with Crippen LogP contribution < -0.4 is 16.4 Å². The molecule has 0 bridgehead atoms. The third-order valence-corrected chi connectivity index (χ3v) is 5.02. The Morgan fingerprint density at radius 3 is 2.63 bits per heavy atom. The van der Waals surface area contributed by atoms with Crippen molar-refractivity contribution in [2.45, 2.75) is 13.0 Å². The highest BCUT2D eigenvalue weighted by Crippen LogP contribution is 2.10. The van der Waals surface area contributed by atoms with Gasteiger partial charge in [0.1, 0.15) is 0 Å². The van der Waals surface area contributed by atoms with Crippen LogP contribution in [0.5, 0.6) is 0 Å². The van der Waals surface area contributed by atoms with Crippen molar-refractivity contribution in [3.63, 3.8) is 0 Å². The maximum Gasteiger partial charge on any atom is 0.254 e. The topological polar surface area (TPSA) is 112 Å². The number of aliphatic imine (C=N–C) groups is 1. The average Bonchev–Trinajstić information content (AvgIpc) is 2.76. The molecule has 0 aromatic heterocycles. The molecule has 0 atom stereocenters. The van der Waals surface area contributed by atoms with Gasteiger partial charge in [-0.25, -0.2) is 4.99 Å². The van der Waals surface area contributed by atoms with E-state index in [2.05, 4.69) is 20.5 Å². The lowest BCUT2D eigenvalue weighted by Crippen LogP contribution is -2.49. The molecule has 2 aliphatic rings. The number of halogens is 1. The van der Waals surface area contributed by atoms with E-state index in [0.29, 0.717) is 31.2 Å². The zero-order valence-electron chi connectivity index (χ0n) is 17.1. The van der Waals surface area contributed by atoms with Gasteiger partial charge in [0.2, 0.25) is 5.91 Å². The second kappa shape index (κ2) is 12.7. The average molecular weight is 530 g/mol. The Labute approximate surface area is 194 Å². The van der Waals surface area contributed by atoms with Crippen LogP contribution in [-0.2, 0) is 16.1 Å². The molecule has 10 heteroatoms. The quantitative estimate of drug-likeness (QED) is 0.198. The molecule has 9 nitrogen and oxygen atoms in total. The van der Waals surface area contributed by atoms with E-state index < -0.39 is 0 Å². The maximum atomic E-state index is 12.5. The summed E-state index contributed by atoms with van der Waals surface area (Å²) in [6, 6.07) is 7.27. The lowest BCUT2D eigenvalue weighted by atomic mass is 10.1. The molecule has 1 aromatic carbocycles. The number of benzene rings is 1. The summed E-state index contributed by atoms with van der Waals surface area (Å²) in [7, 11) is 0. The van der Waals surface area contributed by atoms with E-state index in [-0.39, 0.29) is 42.3 Å². The Hall–Kier alpha value is -1.92. The first-order valence-electron chi connectivity index (χ1n) is 10.1. The van der Waals surface area contributed by atoms with Crippen molar-refractivity contribution in [3.8, 4) is 0 Å². The Balaban J connectivity index is 0.00000320. The fourth-order valence-electron chi connectivity index (χ4n) is 3.32. The van der Waals surface area contributed by atoms with E-state index in [1.807, 2.05) is 12.1 Å². The first-order chi connectivity index (χ1) is 14.1. The number of rotatable bonds is 7. The molecule has 2 saturated heterocycles. The number of hydrogen-bond donors (Lipinski definition) is 3. The number of morpholine rings is 1. The monoisotopic (exact) mass is 530 g/mol. The molecule has 1 aromatic rings. The Morgan fingerprint density at radius 2 is 1.93 bits per heavy atom. The Morgan fingerprint density at radius 1 is 1.20 bits per heavy atom. The standard InChI is InChI=1S/C20H30N6O3.HI/c21-20(23-6-1-8-25-10-12-29-13-11-25)24-14-16-2-4-17(5-3-16)19(28)26-9-7-22-18(27)15-26;/h2-5H,1,6-15H2,(H,22,27)(H3,21,23,24);1H. The smallest absolute Gasteiger partial charge is 0.254 e. The van der Waals surface area contributed by atoms with Gasteiger partial charge in [-0.05, 0) is 30.7 Å². The molecule has 0 saturated carbocycles. The summed E-state index contributed by atoms with van der Waals surface area (Å²) in [6.07, 6.45) is 1.00. The van der Waals surface area contributed by atoms with Gasteiger partial charge in [0.05, 0.1) is 26.3 Å². The Kier molecular flexibility index (Phi) is 10.3. The van der Waals surface area contributed by atoms with Crippen molar-refractivity contribution < 1.29 is 14.3 Å². The summed E-state index contributed by atoms with van der Waals surface area (Å²) >= 11 is 0. The molecule has 4 N–H and O–H groups in total. The first kappa shape index (κ1) is 24.4. The molecule has 3 rings (SSSR count). The minimum Gasteiger partial charge on any atom is -0.379 e. The minimum absolute atomic E-state index is 0. The van der Waals surface area contributed by atoms with Gasteiger partial charge in [0, 0.05) is 38.3 Å². The number of carbonyl (C=O) groups is 2. The van der Waals surface area contributed by atoms with Gasteiger partial charge in [-0.1, -0.05) is 12.1 Å². The second-order valence-electron chi connectivity index (χ2n) is 7.21. The van der Waals surface area contributed by atoms with E-state index in [9.17, 15) is 9.59 Å². The molecule has 2 amide bonds. The third-order valence-electron chi connectivity index (χ3n) is 5.02. The maximum absolute atomic E-state index is 12.5. The number of guanidine groups is 1. The molecular formula is C20H31IN6O3. The molecule has 0 radical (unpaired) electrons. The SMILES string of the molecule is I.NC(=NCc1ccc(C(=O)N2CCNC(=O)C2)cc1)NCCCN1CCOCC1. The van der Waals surface area contributed by atoms with E-state index in [1.54, 1.807) is 17.0 Å².